The Hall–Kier alpha value is -2.49. The lowest BCUT2D eigenvalue weighted by Crippen LogP contribution is -2.44. The van der Waals surface area contributed by atoms with E-state index in [2.05, 4.69) is 37.1 Å². The second kappa shape index (κ2) is 7.74. The summed E-state index contributed by atoms with van der Waals surface area (Å²) in [5, 5.41) is 5.65. The summed E-state index contributed by atoms with van der Waals surface area (Å²) in [7, 11) is 0. The fourth-order valence-corrected chi connectivity index (χ4v) is 4.58. The number of nitrogens with zero attached hydrogens (tertiary/aromatic N) is 6. The van der Waals surface area contributed by atoms with Gasteiger partial charge in [0, 0.05) is 55.4 Å². The summed E-state index contributed by atoms with van der Waals surface area (Å²) in [4.78, 5) is 29.1. The number of pyridine rings is 1. The SMILES string of the molecule is CCc1[nH]c2nc(Sc3cnc4nccnc4c3)nc(N3CCNCC3)c2c1Cl. The van der Waals surface area contributed by atoms with Gasteiger partial charge in [-0.15, -0.1) is 0 Å². The van der Waals surface area contributed by atoms with Gasteiger partial charge in [-0.3, -0.25) is 4.98 Å². The lowest BCUT2D eigenvalue weighted by molar-refractivity contribution is 0.584. The summed E-state index contributed by atoms with van der Waals surface area (Å²) in [6, 6.07) is 1.96. The first-order valence-corrected chi connectivity index (χ1v) is 10.7. The van der Waals surface area contributed by atoms with Crippen molar-refractivity contribution in [2.24, 2.45) is 0 Å². The monoisotopic (exact) mass is 426 g/mol. The van der Waals surface area contributed by atoms with Gasteiger partial charge in [-0.2, -0.15) is 0 Å². The molecule has 0 saturated carbocycles. The van der Waals surface area contributed by atoms with Crippen LogP contribution in [0.4, 0.5) is 5.82 Å². The van der Waals surface area contributed by atoms with Gasteiger partial charge in [0.25, 0.3) is 0 Å². The largest absolute Gasteiger partial charge is 0.353 e. The zero-order valence-corrected chi connectivity index (χ0v) is 17.4. The predicted molar refractivity (Wildman–Crippen MR) is 115 cm³/mol. The van der Waals surface area contributed by atoms with Crippen molar-refractivity contribution >= 4 is 51.4 Å². The van der Waals surface area contributed by atoms with Gasteiger partial charge in [0.05, 0.1) is 10.4 Å². The Morgan fingerprint density at radius 1 is 1.14 bits per heavy atom. The van der Waals surface area contributed by atoms with Crippen molar-refractivity contribution in [2.75, 3.05) is 31.1 Å². The second-order valence-corrected chi connectivity index (χ2v) is 8.15. The summed E-state index contributed by atoms with van der Waals surface area (Å²) in [6.07, 6.45) is 5.89. The Bertz CT molecular complexity index is 1190. The van der Waals surface area contributed by atoms with Crippen LogP contribution in [-0.2, 0) is 6.42 Å². The topological polar surface area (TPSA) is 95.5 Å². The molecule has 5 rings (SSSR count). The zero-order valence-electron chi connectivity index (χ0n) is 15.8. The Morgan fingerprint density at radius 2 is 1.97 bits per heavy atom. The lowest BCUT2D eigenvalue weighted by Gasteiger charge is -2.29. The number of rotatable bonds is 4. The van der Waals surface area contributed by atoms with E-state index in [4.69, 9.17) is 21.6 Å². The molecule has 10 heteroatoms. The lowest BCUT2D eigenvalue weighted by atomic mass is 10.2. The van der Waals surface area contributed by atoms with E-state index < -0.39 is 0 Å². The summed E-state index contributed by atoms with van der Waals surface area (Å²) in [5.41, 5.74) is 3.12. The minimum Gasteiger partial charge on any atom is -0.353 e. The Labute approximate surface area is 176 Å². The normalized spacial score (nSPS) is 14.8. The number of aryl methyl sites for hydroxylation is 1. The number of hydrogen-bond acceptors (Lipinski definition) is 8. The van der Waals surface area contributed by atoms with Crippen LogP contribution in [-0.4, -0.2) is 56.1 Å². The Morgan fingerprint density at radius 3 is 2.79 bits per heavy atom. The molecule has 0 unspecified atom stereocenters. The molecule has 1 aliphatic heterocycles. The number of aromatic amines is 1. The summed E-state index contributed by atoms with van der Waals surface area (Å²) in [6.45, 7) is 5.68. The zero-order chi connectivity index (χ0) is 19.8. The summed E-state index contributed by atoms with van der Waals surface area (Å²) >= 11 is 8.13. The average Bonchev–Trinajstić information content (AvgIpc) is 3.09. The molecule has 1 saturated heterocycles. The van der Waals surface area contributed by atoms with E-state index >= 15 is 0 Å². The maximum absolute atomic E-state index is 6.67. The Kier molecular flexibility index (Phi) is 4.94. The van der Waals surface area contributed by atoms with Crippen LogP contribution in [0, 0.1) is 0 Å². The number of fused-ring (bicyclic) bond motifs is 2. The molecule has 0 radical (unpaired) electrons. The minimum absolute atomic E-state index is 0.624. The Balaban J connectivity index is 1.59. The predicted octanol–water partition coefficient (Wildman–Crippen LogP) is 3.07. The van der Waals surface area contributed by atoms with Gasteiger partial charge < -0.3 is 15.2 Å². The van der Waals surface area contributed by atoms with Crippen LogP contribution in [0.15, 0.2) is 34.7 Å². The van der Waals surface area contributed by atoms with Crippen molar-refractivity contribution < 1.29 is 0 Å². The van der Waals surface area contributed by atoms with E-state index in [1.54, 1.807) is 18.6 Å². The van der Waals surface area contributed by atoms with Crippen LogP contribution in [0.25, 0.3) is 22.2 Å². The number of nitrogens with one attached hydrogen (secondary N) is 2. The smallest absolute Gasteiger partial charge is 0.196 e. The van der Waals surface area contributed by atoms with Crippen molar-refractivity contribution in [1.82, 2.24) is 35.2 Å². The van der Waals surface area contributed by atoms with Gasteiger partial charge >= 0.3 is 0 Å². The molecule has 4 aromatic heterocycles. The molecule has 0 spiro atoms. The van der Waals surface area contributed by atoms with Gasteiger partial charge in [0.2, 0.25) is 0 Å². The highest BCUT2D eigenvalue weighted by Gasteiger charge is 2.22. The average molecular weight is 427 g/mol. The number of aromatic nitrogens is 6. The molecule has 2 N–H and O–H groups in total. The van der Waals surface area contributed by atoms with Crippen LogP contribution in [0.5, 0.6) is 0 Å². The molecular formula is C19H19ClN8S. The molecule has 1 aliphatic rings. The first-order chi connectivity index (χ1) is 14.2. The highest BCUT2D eigenvalue weighted by Crippen LogP contribution is 2.36. The molecule has 0 aromatic carbocycles. The first-order valence-electron chi connectivity index (χ1n) is 9.51. The maximum Gasteiger partial charge on any atom is 0.196 e. The fraction of sp³-hybridized carbons (Fsp3) is 0.316. The summed E-state index contributed by atoms with van der Waals surface area (Å²) in [5.74, 6) is 0.883. The number of piperazine rings is 1. The van der Waals surface area contributed by atoms with Crippen LogP contribution in [0.2, 0.25) is 5.02 Å². The number of halogens is 1. The molecule has 5 heterocycles. The van der Waals surface area contributed by atoms with E-state index in [1.807, 2.05) is 6.07 Å². The van der Waals surface area contributed by atoms with Crippen molar-refractivity contribution in [3.8, 4) is 0 Å². The first kappa shape index (κ1) is 18.5. The molecule has 0 amide bonds. The number of hydrogen-bond donors (Lipinski definition) is 2. The fourth-order valence-electron chi connectivity index (χ4n) is 3.47. The number of anilines is 1. The van der Waals surface area contributed by atoms with Gasteiger partial charge in [-0.1, -0.05) is 18.5 Å². The standard InChI is InChI=1S/C19H19ClN8S/c1-2-12-15(20)14-17(25-12)26-19(27-18(14)28-7-5-21-6-8-28)29-11-9-13-16(24-10-11)23-4-3-22-13/h3-4,9-10,21H,2,5-8H2,1H3,(H,25,26,27). The molecule has 29 heavy (non-hydrogen) atoms. The molecule has 1 fully saturated rings. The van der Waals surface area contributed by atoms with E-state index in [0.717, 1.165) is 70.6 Å². The van der Waals surface area contributed by atoms with Gasteiger partial charge in [-0.05, 0) is 24.2 Å². The van der Waals surface area contributed by atoms with Crippen LogP contribution in [0.3, 0.4) is 0 Å². The highest BCUT2D eigenvalue weighted by molar-refractivity contribution is 7.99. The van der Waals surface area contributed by atoms with Crippen molar-refractivity contribution in [3.05, 3.63) is 35.4 Å². The van der Waals surface area contributed by atoms with E-state index in [-0.39, 0.29) is 0 Å². The van der Waals surface area contributed by atoms with E-state index in [9.17, 15) is 0 Å². The third kappa shape index (κ3) is 3.50. The van der Waals surface area contributed by atoms with Gasteiger partial charge in [0.1, 0.15) is 17.0 Å². The molecule has 0 bridgehead atoms. The van der Waals surface area contributed by atoms with E-state index in [0.29, 0.717) is 10.8 Å². The molecule has 0 atom stereocenters. The van der Waals surface area contributed by atoms with Crippen LogP contribution >= 0.6 is 23.4 Å². The van der Waals surface area contributed by atoms with Crippen molar-refractivity contribution in [2.45, 2.75) is 23.4 Å². The van der Waals surface area contributed by atoms with Gasteiger partial charge in [0.15, 0.2) is 10.8 Å². The molecule has 8 nitrogen and oxygen atoms in total. The molecular weight excluding hydrogens is 408 g/mol. The second-order valence-electron chi connectivity index (χ2n) is 6.73. The summed E-state index contributed by atoms with van der Waals surface area (Å²) < 4.78 is 0. The molecule has 4 aromatic rings. The van der Waals surface area contributed by atoms with Crippen molar-refractivity contribution in [1.29, 1.82) is 0 Å². The minimum atomic E-state index is 0.624. The van der Waals surface area contributed by atoms with Gasteiger partial charge in [-0.25, -0.2) is 19.9 Å². The molecule has 148 valence electrons. The number of H-pyrrole nitrogens is 1. The quantitative estimate of drug-likeness (QED) is 0.481. The third-order valence-electron chi connectivity index (χ3n) is 4.90. The highest BCUT2D eigenvalue weighted by atomic mass is 35.5. The van der Waals surface area contributed by atoms with Crippen molar-refractivity contribution in [3.63, 3.8) is 0 Å². The van der Waals surface area contributed by atoms with Crippen LogP contribution < -0.4 is 10.2 Å². The van der Waals surface area contributed by atoms with Crippen LogP contribution in [0.1, 0.15) is 12.6 Å². The maximum atomic E-state index is 6.67. The molecule has 0 aliphatic carbocycles. The van der Waals surface area contributed by atoms with E-state index in [1.165, 1.54) is 11.8 Å². The third-order valence-corrected chi connectivity index (χ3v) is 6.14.